The number of likely N-dealkylation sites (tertiary alicyclic amines) is 1. The first-order valence-electron chi connectivity index (χ1n) is 11.6. The van der Waals surface area contributed by atoms with Gasteiger partial charge in [-0.3, -0.25) is 4.90 Å². The van der Waals surface area contributed by atoms with Crippen molar-refractivity contribution < 1.29 is 22.3 Å². The Bertz CT molecular complexity index is 1220. The van der Waals surface area contributed by atoms with Crippen LogP contribution in [0, 0.1) is 17.2 Å². The van der Waals surface area contributed by atoms with E-state index >= 15 is 0 Å². The van der Waals surface area contributed by atoms with Gasteiger partial charge in [-0.25, -0.2) is 9.97 Å². The SMILES string of the molecule is CNc1cc(-c2ccc(OCCC3CCN(Cc4ncco4)CC3)c(C(F)(F)F)c2)nc(C#N)c1N. The highest BCUT2D eigenvalue weighted by Crippen LogP contribution is 2.39. The van der Waals surface area contributed by atoms with E-state index in [1.807, 2.05) is 6.07 Å². The van der Waals surface area contributed by atoms with Gasteiger partial charge in [0.05, 0.1) is 42.0 Å². The summed E-state index contributed by atoms with van der Waals surface area (Å²) in [5, 5.41) is 12.1. The van der Waals surface area contributed by atoms with Gasteiger partial charge in [-0.1, -0.05) is 0 Å². The fourth-order valence-corrected chi connectivity index (χ4v) is 4.32. The Morgan fingerprint density at radius 2 is 2.06 bits per heavy atom. The minimum Gasteiger partial charge on any atom is -0.493 e. The van der Waals surface area contributed by atoms with Gasteiger partial charge in [0.1, 0.15) is 18.1 Å². The van der Waals surface area contributed by atoms with Gasteiger partial charge >= 0.3 is 6.18 Å². The van der Waals surface area contributed by atoms with Crippen LogP contribution < -0.4 is 15.8 Å². The smallest absolute Gasteiger partial charge is 0.419 e. The number of halogens is 3. The number of nitrogen functional groups attached to an aromatic ring is 1. The lowest BCUT2D eigenvalue weighted by Crippen LogP contribution is -2.33. The number of benzene rings is 1. The summed E-state index contributed by atoms with van der Waals surface area (Å²) in [5.41, 5.74) is 5.90. The van der Waals surface area contributed by atoms with Crippen LogP contribution in [0.2, 0.25) is 0 Å². The molecule has 1 aliphatic rings. The van der Waals surface area contributed by atoms with E-state index in [1.54, 1.807) is 19.5 Å². The van der Waals surface area contributed by atoms with Crippen LogP contribution in [-0.4, -0.2) is 41.6 Å². The van der Waals surface area contributed by atoms with Crippen LogP contribution in [0.3, 0.4) is 0 Å². The third-order valence-corrected chi connectivity index (χ3v) is 6.35. The van der Waals surface area contributed by atoms with Crippen LogP contribution in [0.1, 0.15) is 36.4 Å². The van der Waals surface area contributed by atoms with Crippen LogP contribution in [0.5, 0.6) is 5.75 Å². The fraction of sp³-hybridized carbons (Fsp3) is 0.400. The van der Waals surface area contributed by atoms with Crippen molar-refractivity contribution in [1.29, 1.82) is 5.26 Å². The summed E-state index contributed by atoms with van der Waals surface area (Å²) in [5.74, 6) is 0.834. The van der Waals surface area contributed by atoms with Crippen LogP contribution in [-0.2, 0) is 12.7 Å². The van der Waals surface area contributed by atoms with Crippen LogP contribution in [0.4, 0.5) is 24.5 Å². The summed E-state index contributed by atoms with van der Waals surface area (Å²) < 4.78 is 52.5. The van der Waals surface area contributed by atoms with Crippen molar-refractivity contribution in [3.63, 3.8) is 0 Å². The molecule has 36 heavy (non-hydrogen) atoms. The first-order chi connectivity index (χ1) is 17.3. The molecule has 1 aromatic carbocycles. The van der Waals surface area contributed by atoms with E-state index in [9.17, 15) is 18.4 Å². The van der Waals surface area contributed by atoms with Crippen molar-refractivity contribution in [3.05, 3.63) is 53.9 Å². The zero-order valence-electron chi connectivity index (χ0n) is 19.8. The summed E-state index contributed by atoms with van der Waals surface area (Å²) in [6.07, 6.45) is 1.10. The van der Waals surface area contributed by atoms with Crippen molar-refractivity contribution in [2.75, 3.05) is 37.8 Å². The van der Waals surface area contributed by atoms with Gasteiger partial charge < -0.3 is 20.2 Å². The van der Waals surface area contributed by atoms with E-state index in [1.165, 1.54) is 18.2 Å². The summed E-state index contributed by atoms with van der Waals surface area (Å²) in [6, 6.07) is 7.20. The number of nitrogens with one attached hydrogen (secondary N) is 1. The minimum absolute atomic E-state index is 0.0581. The molecule has 11 heteroatoms. The van der Waals surface area contributed by atoms with E-state index in [0.29, 0.717) is 30.5 Å². The fourth-order valence-electron chi connectivity index (χ4n) is 4.32. The number of pyridine rings is 1. The predicted molar refractivity (Wildman–Crippen MR) is 128 cm³/mol. The number of piperidine rings is 1. The molecule has 190 valence electrons. The number of anilines is 2. The van der Waals surface area contributed by atoms with E-state index in [-0.39, 0.29) is 35.0 Å². The van der Waals surface area contributed by atoms with Gasteiger partial charge in [0.2, 0.25) is 5.89 Å². The van der Waals surface area contributed by atoms with Crippen molar-refractivity contribution in [1.82, 2.24) is 14.9 Å². The van der Waals surface area contributed by atoms with Crippen molar-refractivity contribution in [2.45, 2.75) is 32.0 Å². The number of nitrogens with zero attached hydrogens (tertiary/aromatic N) is 4. The number of alkyl halides is 3. The molecule has 0 saturated carbocycles. The number of aromatic nitrogens is 2. The normalized spacial score (nSPS) is 15.0. The standard InChI is InChI=1S/C25H27F3N6O2/c1-31-20-13-19(33-21(14-29)24(20)30)17-2-3-22(18(12-17)25(26,27)28)35-10-6-16-4-8-34(9-5-16)15-23-32-7-11-36-23/h2-3,7,11-13,16H,4-6,8-10,15,30H2,1H3,(H,31,33). The average Bonchev–Trinajstić information content (AvgIpc) is 3.38. The zero-order chi connectivity index (χ0) is 25.7. The molecular formula is C25H27F3N6O2. The molecule has 0 bridgehead atoms. The van der Waals surface area contributed by atoms with Crippen molar-refractivity contribution in [3.8, 4) is 23.1 Å². The lowest BCUT2D eigenvalue weighted by molar-refractivity contribution is -0.138. The zero-order valence-corrected chi connectivity index (χ0v) is 19.8. The second kappa shape index (κ2) is 10.9. The molecule has 1 saturated heterocycles. The number of ether oxygens (including phenoxy) is 1. The lowest BCUT2D eigenvalue weighted by Gasteiger charge is -2.31. The maximum absolute atomic E-state index is 13.9. The highest BCUT2D eigenvalue weighted by Gasteiger charge is 2.35. The molecular weight excluding hydrogens is 473 g/mol. The number of nitrogens with two attached hydrogens (primary N) is 1. The van der Waals surface area contributed by atoms with Gasteiger partial charge in [-0.2, -0.15) is 18.4 Å². The number of nitriles is 1. The van der Waals surface area contributed by atoms with Crippen molar-refractivity contribution >= 4 is 11.4 Å². The van der Waals surface area contributed by atoms with Crippen LogP contribution in [0.15, 0.2) is 41.1 Å². The molecule has 1 aliphatic heterocycles. The van der Waals surface area contributed by atoms with E-state index < -0.39 is 11.7 Å². The topological polar surface area (TPSA) is 113 Å². The molecule has 0 unspecified atom stereocenters. The Labute approximate surface area is 206 Å². The number of oxazole rings is 1. The number of hydrogen-bond acceptors (Lipinski definition) is 8. The summed E-state index contributed by atoms with van der Waals surface area (Å²) in [6.45, 7) is 2.61. The Hall–Kier alpha value is -3.78. The molecule has 3 N–H and O–H groups in total. The maximum atomic E-state index is 13.9. The molecule has 1 fully saturated rings. The predicted octanol–water partition coefficient (Wildman–Crippen LogP) is 4.93. The highest BCUT2D eigenvalue weighted by atomic mass is 19.4. The van der Waals surface area contributed by atoms with E-state index in [2.05, 4.69) is 20.2 Å². The monoisotopic (exact) mass is 500 g/mol. The third-order valence-electron chi connectivity index (χ3n) is 6.35. The third kappa shape index (κ3) is 5.88. The Morgan fingerprint density at radius 1 is 1.28 bits per heavy atom. The van der Waals surface area contributed by atoms with Gasteiger partial charge in [-0.15, -0.1) is 0 Å². The van der Waals surface area contributed by atoms with Crippen LogP contribution in [0.25, 0.3) is 11.3 Å². The highest BCUT2D eigenvalue weighted by molar-refractivity contribution is 5.77. The van der Waals surface area contributed by atoms with E-state index in [0.717, 1.165) is 32.0 Å². The number of hydrogen-bond donors (Lipinski definition) is 2. The van der Waals surface area contributed by atoms with Crippen LogP contribution >= 0.6 is 0 Å². The van der Waals surface area contributed by atoms with Gasteiger partial charge in [0, 0.05) is 12.6 Å². The number of rotatable bonds is 8. The second-order valence-corrected chi connectivity index (χ2v) is 8.67. The van der Waals surface area contributed by atoms with Gasteiger partial charge in [-0.05, 0) is 62.5 Å². The Kier molecular flexibility index (Phi) is 7.64. The molecule has 4 rings (SSSR count). The molecule has 0 atom stereocenters. The molecule has 2 aromatic heterocycles. The first kappa shape index (κ1) is 25.3. The molecule has 0 radical (unpaired) electrons. The quantitative estimate of drug-likeness (QED) is 0.448. The molecule has 0 aliphatic carbocycles. The lowest BCUT2D eigenvalue weighted by atomic mass is 9.94. The maximum Gasteiger partial charge on any atom is 0.419 e. The minimum atomic E-state index is -4.62. The molecule has 8 nitrogen and oxygen atoms in total. The Balaban J connectivity index is 1.41. The average molecular weight is 501 g/mol. The molecule has 3 aromatic rings. The van der Waals surface area contributed by atoms with Gasteiger partial charge in [0.15, 0.2) is 5.69 Å². The van der Waals surface area contributed by atoms with E-state index in [4.69, 9.17) is 14.9 Å². The first-order valence-corrected chi connectivity index (χ1v) is 11.6. The Morgan fingerprint density at radius 3 is 2.69 bits per heavy atom. The largest absolute Gasteiger partial charge is 0.493 e. The van der Waals surface area contributed by atoms with Gasteiger partial charge in [0.25, 0.3) is 0 Å². The summed E-state index contributed by atoms with van der Waals surface area (Å²) in [4.78, 5) is 10.5. The molecule has 0 spiro atoms. The summed E-state index contributed by atoms with van der Waals surface area (Å²) in [7, 11) is 1.61. The molecule has 0 amide bonds. The van der Waals surface area contributed by atoms with Crippen molar-refractivity contribution in [2.24, 2.45) is 5.92 Å². The summed E-state index contributed by atoms with van der Waals surface area (Å²) >= 11 is 0. The molecule has 3 heterocycles. The second-order valence-electron chi connectivity index (χ2n) is 8.67.